The summed E-state index contributed by atoms with van der Waals surface area (Å²) in [5, 5.41) is 9.30. The van der Waals surface area contributed by atoms with Gasteiger partial charge in [0.15, 0.2) is 6.23 Å². The Morgan fingerprint density at radius 3 is 2.68 bits per heavy atom. The first-order valence-corrected chi connectivity index (χ1v) is 6.78. The molecule has 0 radical (unpaired) electrons. The molecule has 1 aromatic carbocycles. The molecule has 1 aliphatic heterocycles. The summed E-state index contributed by atoms with van der Waals surface area (Å²) in [5.41, 5.74) is 0.910. The highest BCUT2D eigenvalue weighted by atomic mass is 16.5. The van der Waals surface area contributed by atoms with Crippen molar-refractivity contribution < 1.29 is 14.6 Å². The van der Waals surface area contributed by atoms with Crippen LogP contribution in [-0.2, 0) is 9.53 Å². The van der Waals surface area contributed by atoms with Crippen molar-refractivity contribution in [2.75, 3.05) is 13.2 Å². The minimum atomic E-state index is -0.305. The zero-order valence-corrected chi connectivity index (χ0v) is 11.5. The van der Waals surface area contributed by atoms with Crippen LogP contribution in [0.25, 0.3) is 0 Å². The van der Waals surface area contributed by atoms with Gasteiger partial charge < -0.3 is 14.7 Å². The second-order valence-electron chi connectivity index (χ2n) is 5.38. The molecule has 0 saturated carbocycles. The number of rotatable bonds is 5. The standard InChI is InChI=1S/C15H21NO3/c1-11(2)4-3-9-16-14(18)10-19-15(16)12-5-7-13(17)8-6-12/h5-8,11,15,17H,3-4,9-10H2,1-2H3. The summed E-state index contributed by atoms with van der Waals surface area (Å²) >= 11 is 0. The van der Waals surface area contributed by atoms with Gasteiger partial charge in [-0.3, -0.25) is 4.79 Å². The van der Waals surface area contributed by atoms with E-state index in [0.717, 1.165) is 24.9 Å². The van der Waals surface area contributed by atoms with Gasteiger partial charge in [0.1, 0.15) is 12.4 Å². The second-order valence-corrected chi connectivity index (χ2v) is 5.38. The molecule has 4 heteroatoms. The van der Waals surface area contributed by atoms with E-state index in [1.54, 1.807) is 29.2 Å². The fourth-order valence-corrected chi connectivity index (χ4v) is 2.28. The van der Waals surface area contributed by atoms with Crippen LogP contribution < -0.4 is 0 Å². The first kappa shape index (κ1) is 13.9. The summed E-state index contributed by atoms with van der Waals surface area (Å²) in [5.74, 6) is 0.909. The summed E-state index contributed by atoms with van der Waals surface area (Å²) in [7, 11) is 0. The SMILES string of the molecule is CC(C)CCCN1C(=O)COC1c1ccc(O)cc1. The number of aromatic hydroxyl groups is 1. The molecule has 2 rings (SSSR count). The zero-order valence-electron chi connectivity index (χ0n) is 11.5. The number of hydrogen-bond donors (Lipinski definition) is 1. The summed E-state index contributed by atoms with van der Waals surface area (Å²) in [6, 6.07) is 6.84. The molecule has 0 aliphatic carbocycles. The lowest BCUT2D eigenvalue weighted by Crippen LogP contribution is -2.29. The molecule has 1 atom stereocenters. The van der Waals surface area contributed by atoms with Crippen molar-refractivity contribution in [2.24, 2.45) is 5.92 Å². The maximum atomic E-state index is 11.9. The summed E-state index contributed by atoms with van der Waals surface area (Å²) < 4.78 is 5.56. The van der Waals surface area contributed by atoms with Crippen LogP contribution in [0.5, 0.6) is 5.75 Å². The average Bonchev–Trinajstić information content (AvgIpc) is 2.72. The summed E-state index contributed by atoms with van der Waals surface area (Å²) in [6.07, 6.45) is 1.79. The Morgan fingerprint density at radius 2 is 2.05 bits per heavy atom. The summed E-state index contributed by atoms with van der Waals surface area (Å²) in [4.78, 5) is 13.6. The highest BCUT2D eigenvalue weighted by Crippen LogP contribution is 2.29. The number of ether oxygens (including phenoxy) is 1. The molecule has 0 bridgehead atoms. The van der Waals surface area contributed by atoms with Crippen molar-refractivity contribution in [1.29, 1.82) is 0 Å². The molecule has 0 aromatic heterocycles. The Kier molecular flexibility index (Phi) is 4.43. The van der Waals surface area contributed by atoms with Crippen LogP contribution in [0.3, 0.4) is 0 Å². The van der Waals surface area contributed by atoms with Gasteiger partial charge in [0, 0.05) is 12.1 Å². The third-order valence-electron chi connectivity index (χ3n) is 3.33. The van der Waals surface area contributed by atoms with E-state index in [0.29, 0.717) is 5.92 Å². The lowest BCUT2D eigenvalue weighted by Gasteiger charge is -2.23. The molecular weight excluding hydrogens is 242 g/mol. The molecule has 0 spiro atoms. The van der Waals surface area contributed by atoms with Crippen molar-refractivity contribution in [3.63, 3.8) is 0 Å². The quantitative estimate of drug-likeness (QED) is 0.888. The van der Waals surface area contributed by atoms with Gasteiger partial charge in [0.05, 0.1) is 0 Å². The van der Waals surface area contributed by atoms with Gasteiger partial charge in [-0.15, -0.1) is 0 Å². The van der Waals surface area contributed by atoms with Crippen molar-refractivity contribution in [3.8, 4) is 5.75 Å². The number of amides is 1. The Morgan fingerprint density at radius 1 is 1.37 bits per heavy atom. The molecule has 1 heterocycles. The van der Waals surface area contributed by atoms with E-state index in [2.05, 4.69) is 13.8 Å². The van der Waals surface area contributed by atoms with E-state index in [1.807, 2.05) is 0 Å². The van der Waals surface area contributed by atoms with Crippen LogP contribution in [0.15, 0.2) is 24.3 Å². The minimum absolute atomic E-state index is 0.0434. The van der Waals surface area contributed by atoms with Gasteiger partial charge in [0.25, 0.3) is 5.91 Å². The predicted molar refractivity (Wildman–Crippen MR) is 72.6 cm³/mol. The van der Waals surface area contributed by atoms with Crippen LogP contribution in [-0.4, -0.2) is 29.1 Å². The Balaban J connectivity index is 2.02. The van der Waals surface area contributed by atoms with Crippen LogP contribution in [0.4, 0.5) is 0 Å². The summed E-state index contributed by atoms with van der Waals surface area (Å²) in [6.45, 7) is 5.23. The topological polar surface area (TPSA) is 49.8 Å². The monoisotopic (exact) mass is 263 g/mol. The van der Waals surface area contributed by atoms with Crippen LogP contribution in [0.2, 0.25) is 0 Å². The molecule has 1 aromatic rings. The van der Waals surface area contributed by atoms with E-state index in [9.17, 15) is 9.90 Å². The smallest absolute Gasteiger partial charge is 0.250 e. The fourth-order valence-electron chi connectivity index (χ4n) is 2.28. The Labute approximate surface area is 114 Å². The van der Waals surface area contributed by atoms with Gasteiger partial charge in [-0.2, -0.15) is 0 Å². The largest absolute Gasteiger partial charge is 0.508 e. The first-order valence-electron chi connectivity index (χ1n) is 6.78. The molecule has 1 amide bonds. The first-order chi connectivity index (χ1) is 9.08. The Bertz CT molecular complexity index is 428. The number of carbonyl (C=O) groups excluding carboxylic acids is 1. The molecule has 19 heavy (non-hydrogen) atoms. The lowest BCUT2D eigenvalue weighted by atomic mass is 10.1. The number of carbonyl (C=O) groups is 1. The molecule has 1 fully saturated rings. The fraction of sp³-hybridized carbons (Fsp3) is 0.533. The van der Waals surface area contributed by atoms with Crippen molar-refractivity contribution in [3.05, 3.63) is 29.8 Å². The lowest BCUT2D eigenvalue weighted by molar-refractivity contribution is -0.128. The molecule has 1 N–H and O–H groups in total. The van der Waals surface area contributed by atoms with Gasteiger partial charge in [0.2, 0.25) is 0 Å². The number of benzene rings is 1. The number of phenols is 1. The normalized spacial score (nSPS) is 19.4. The van der Waals surface area contributed by atoms with Gasteiger partial charge in [-0.05, 0) is 30.9 Å². The zero-order chi connectivity index (χ0) is 13.8. The van der Waals surface area contributed by atoms with Crippen molar-refractivity contribution >= 4 is 5.91 Å². The third-order valence-corrected chi connectivity index (χ3v) is 3.33. The average molecular weight is 263 g/mol. The van der Waals surface area contributed by atoms with E-state index >= 15 is 0 Å². The molecule has 1 unspecified atom stereocenters. The maximum Gasteiger partial charge on any atom is 0.250 e. The third kappa shape index (κ3) is 3.47. The van der Waals surface area contributed by atoms with E-state index < -0.39 is 0 Å². The van der Waals surface area contributed by atoms with Crippen LogP contribution >= 0.6 is 0 Å². The molecule has 4 nitrogen and oxygen atoms in total. The van der Waals surface area contributed by atoms with E-state index in [4.69, 9.17) is 4.74 Å². The minimum Gasteiger partial charge on any atom is -0.508 e. The highest BCUT2D eigenvalue weighted by molar-refractivity contribution is 5.79. The van der Waals surface area contributed by atoms with Gasteiger partial charge >= 0.3 is 0 Å². The van der Waals surface area contributed by atoms with Gasteiger partial charge in [-0.1, -0.05) is 26.0 Å². The molecule has 1 aliphatic rings. The van der Waals surface area contributed by atoms with Crippen molar-refractivity contribution in [1.82, 2.24) is 4.90 Å². The maximum absolute atomic E-state index is 11.9. The van der Waals surface area contributed by atoms with E-state index in [1.165, 1.54) is 0 Å². The molecular formula is C15H21NO3. The number of nitrogens with zero attached hydrogens (tertiary/aromatic N) is 1. The number of hydrogen-bond acceptors (Lipinski definition) is 3. The second kappa shape index (κ2) is 6.06. The van der Waals surface area contributed by atoms with E-state index in [-0.39, 0.29) is 24.5 Å². The number of phenolic OH excluding ortho intramolecular Hbond substituents is 1. The van der Waals surface area contributed by atoms with Crippen LogP contribution in [0.1, 0.15) is 38.5 Å². The predicted octanol–water partition coefficient (Wildman–Crippen LogP) is 2.69. The highest BCUT2D eigenvalue weighted by Gasteiger charge is 2.32. The molecule has 104 valence electrons. The Hall–Kier alpha value is -1.55. The van der Waals surface area contributed by atoms with Crippen molar-refractivity contribution in [2.45, 2.75) is 32.9 Å². The van der Waals surface area contributed by atoms with Crippen LogP contribution in [0, 0.1) is 5.92 Å². The van der Waals surface area contributed by atoms with Gasteiger partial charge in [-0.25, -0.2) is 0 Å². The molecule has 1 saturated heterocycles.